The number of carbonyl (C=O) groups excluding carboxylic acids is 1. The largest absolute Gasteiger partial charge is 0.472 e. The van der Waals surface area contributed by atoms with Crippen LogP contribution in [0.1, 0.15) is 18.4 Å². The van der Waals surface area contributed by atoms with Crippen LogP contribution in [0.2, 0.25) is 0 Å². The molecule has 2 saturated heterocycles. The lowest BCUT2D eigenvalue weighted by atomic mass is 10.1. The van der Waals surface area contributed by atoms with Crippen molar-refractivity contribution in [1.29, 1.82) is 0 Å². The Hall–Kier alpha value is -3.17. The fourth-order valence-electron chi connectivity index (χ4n) is 4.24. The van der Waals surface area contributed by atoms with Crippen molar-refractivity contribution < 1.29 is 32.3 Å². The molecular formula is C26H31N5O7S2. The van der Waals surface area contributed by atoms with Gasteiger partial charge in [0.2, 0.25) is 5.88 Å². The Morgan fingerprint density at radius 2 is 1.98 bits per heavy atom. The van der Waals surface area contributed by atoms with Crippen molar-refractivity contribution in [3.05, 3.63) is 42.0 Å². The van der Waals surface area contributed by atoms with Gasteiger partial charge in [0.05, 0.1) is 23.9 Å². The minimum absolute atomic E-state index is 0.0134. The van der Waals surface area contributed by atoms with Crippen LogP contribution >= 0.6 is 11.3 Å². The van der Waals surface area contributed by atoms with Crippen LogP contribution in [0.3, 0.4) is 0 Å². The van der Waals surface area contributed by atoms with Gasteiger partial charge in [-0.2, -0.15) is 0 Å². The Morgan fingerprint density at radius 3 is 2.67 bits per heavy atom. The number of methoxy groups -OCH3 is 1. The minimum atomic E-state index is -3.49. The molecule has 2 aliphatic heterocycles. The van der Waals surface area contributed by atoms with Crippen molar-refractivity contribution in [2.24, 2.45) is 5.16 Å². The van der Waals surface area contributed by atoms with Crippen molar-refractivity contribution >= 4 is 48.3 Å². The van der Waals surface area contributed by atoms with Gasteiger partial charge in [-0.25, -0.2) is 18.4 Å². The number of aromatic nitrogens is 2. The molecule has 2 fully saturated rings. The van der Waals surface area contributed by atoms with E-state index in [1.165, 1.54) is 42.7 Å². The summed E-state index contributed by atoms with van der Waals surface area (Å²) in [6.45, 7) is 2.98. The zero-order valence-electron chi connectivity index (χ0n) is 22.2. The fraction of sp³-hybridized carbons (Fsp3) is 0.462. The number of benzene rings is 1. The van der Waals surface area contributed by atoms with E-state index < -0.39 is 15.7 Å². The molecule has 0 saturated carbocycles. The van der Waals surface area contributed by atoms with Gasteiger partial charge in [-0.1, -0.05) is 28.6 Å². The van der Waals surface area contributed by atoms with Crippen molar-refractivity contribution in [1.82, 2.24) is 14.9 Å². The highest BCUT2D eigenvalue weighted by atomic mass is 32.2. The van der Waals surface area contributed by atoms with Gasteiger partial charge in [0, 0.05) is 44.9 Å². The number of thiazole rings is 1. The molecule has 0 aliphatic carbocycles. The third-order valence-corrected chi connectivity index (χ3v) is 9.11. The molecular weight excluding hydrogens is 558 g/mol. The number of likely N-dealkylation sites (N-methyl/N-ethyl adjacent to an activating group) is 1. The first-order valence-electron chi connectivity index (χ1n) is 12.9. The Balaban J connectivity index is 1.33. The number of pyridine rings is 1. The Labute approximate surface area is 236 Å². The number of nitrogens with zero attached hydrogens (tertiary/aromatic N) is 4. The predicted octanol–water partition coefficient (Wildman–Crippen LogP) is 2.34. The number of amides is 1. The third-order valence-electron chi connectivity index (χ3n) is 6.41. The predicted molar refractivity (Wildman–Crippen MR) is 150 cm³/mol. The number of nitrogens with one attached hydrogen (secondary N) is 1. The molecule has 1 N–H and O–H groups in total. The maximum Gasteiger partial charge on any atom is 0.280 e. The van der Waals surface area contributed by atoms with Crippen molar-refractivity contribution in [2.45, 2.75) is 29.9 Å². The highest BCUT2D eigenvalue weighted by Crippen LogP contribution is 2.27. The Bertz CT molecular complexity index is 1460. The van der Waals surface area contributed by atoms with Crippen LogP contribution < -0.4 is 10.1 Å². The molecule has 2 aromatic heterocycles. The number of oxime groups is 1. The van der Waals surface area contributed by atoms with E-state index in [-0.39, 0.29) is 28.6 Å². The fourth-order valence-corrected chi connectivity index (χ4v) is 6.35. The number of ether oxygens (including phenoxy) is 3. The number of fused-ring (bicyclic) bond motifs is 1. The van der Waals surface area contributed by atoms with Crippen LogP contribution in [-0.2, 0) is 28.9 Å². The molecule has 14 heteroatoms. The number of hydrogen-bond acceptors (Lipinski definition) is 12. The maximum atomic E-state index is 13.4. The number of sulfone groups is 1. The maximum absolute atomic E-state index is 13.4. The highest BCUT2D eigenvalue weighted by Gasteiger charge is 2.26. The van der Waals surface area contributed by atoms with Crippen molar-refractivity contribution in [3.63, 3.8) is 0 Å². The summed E-state index contributed by atoms with van der Waals surface area (Å²) < 4.78 is 41.5. The lowest BCUT2D eigenvalue weighted by Crippen LogP contribution is -2.51. The molecule has 0 unspecified atom stereocenters. The molecule has 0 bridgehead atoms. The van der Waals surface area contributed by atoms with Gasteiger partial charge >= 0.3 is 0 Å². The number of carbonyl (C=O) groups is 1. The van der Waals surface area contributed by atoms with Crippen LogP contribution in [0.5, 0.6) is 5.88 Å². The Kier molecular flexibility index (Phi) is 8.90. The second-order valence-electron chi connectivity index (χ2n) is 9.63. The monoisotopic (exact) mass is 589 g/mol. The second-order valence-corrected chi connectivity index (χ2v) is 12.7. The number of anilines is 1. The number of likely N-dealkylation sites (tertiary alicyclic amines) is 1. The Morgan fingerprint density at radius 1 is 1.18 bits per heavy atom. The van der Waals surface area contributed by atoms with Gasteiger partial charge in [-0.05, 0) is 31.7 Å². The summed E-state index contributed by atoms with van der Waals surface area (Å²) in [6.07, 6.45) is 0.874. The first kappa shape index (κ1) is 28.4. The molecule has 0 radical (unpaired) electrons. The number of rotatable bonds is 12. The molecule has 1 atom stereocenters. The summed E-state index contributed by atoms with van der Waals surface area (Å²) >= 11 is 1.21. The standard InChI is InChI=1S/C26H31N5O7S2/c1-31-14-19(15-31)37-22-9-8-21-25(28-22)39-26(27-21)29-24(32)23(30-38-18-10-12-36-16-18)17-4-6-20(7-5-17)40(33,34)13-3-11-35-2/h4-9,18-19H,3,10-16H2,1-2H3,(H,27,29,32)/t18-/m1/s1. The van der Waals surface area contributed by atoms with Crippen molar-refractivity contribution in [2.75, 3.05) is 58.1 Å². The molecule has 1 amide bonds. The molecule has 12 nitrogen and oxygen atoms in total. The van der Waals surface area contributed by atoms with Crippen LogP contribution in [0.25, 0.3) is 10.3 Å². The van der Waals surface area contributed by atoms with E-state index >= 15 is 0 Å². The van der Waals surface area contributed by atoms with E-state index in [4.69, 9.17) is 19.0 Å². The zero-order valence-corrected chi connectivity index (χ0v) is 23.9. The zero-order chi connectivity index (χ0) is 28.1. The molecule has 1 aromatic carbocycles. The normalized spacial score (nSPS) is 18.6. The first-order valence-corrected chi connectivity index (χ1v) is 15.4. The van der Waals surface area contributed by atoms with Gasteiger partial charge in [-0.3, -0.25) is 15.0 Å². The van der Waals surface area contributed by atoms with Crippen LogP contribution in [0.4, 0.5) is 5.13 Å². The topological polar surface area (TPSA) is 142 Å². The quantitative estimate of drug-likeness (QED) is 0.190. The van der Waals surface area contributed by atoms with E-state index in [9.17, 15) is 13.2 Å². The SMILES string of the molecule is COCCCS(=O)(=O)c1ccc(C(=NO[C@@H]2CCOC2)C(=O)Nc2nc3ccc(OC4CN(C)C4)nc3s2)cc1. The van der Waals surface area contributed by atoms with Gasteiger partial charge in [0.25, 0.3) is 5.91 Å². The lowest BCUT2D eigenvalue weighted by Gasteiger charge is -2.35. The molecule has 40 heavy (non-hydrogen) atoms. The molecule has 4 heterocycles. The summed E-state index contributed by atoms with van der Waals surface area (Å²) in [7, 11) is 0.0617. The third kappa shape index (κ3) is 6.93. The second kappa shape index (κ2) is 12.6. The van der Waals surface area contributed by atoms with E-state index in [2.05, 4.69) is 25.3 Å². The average molecular weight is 590 g/mol. The summed E-state index contributed by atoms with van der Waals surface area (Å²) in [5.41, 5.74) is 1.01. The molecule has 214 valence electrons. The van der Waals surface area contributed by atoms with Gasteiger partial charge in [0.15, 0.2) is 26.8 Å². The van der Waals surface area contributed by atoms with Gasteiger partial charge < -0.3 is 19.0 Å². The number of hydrogen-bond donors (Lipinski definition) is 1. The summed E-state index contributed by atoms with van der Waals surface area (Å²) in [6, 6.07) is 9.57. The smallest absolute Gasteiger partial charge is 0.280 e. The van der Waals surface area contributed by atoms with E-state index in [0.717, 1.165) is 13.1 Å². The van der Waals surface area contributed by atoms with E-state index in [1.54, 1.807) is 12.1 Å². The highest BCUT2D eigenvalue weighted by molar-refractivity contribution is 7.91. The van der Waals surface area contributed by atoms with Gasteiger partial charge in [0.1, 0.15) is 16.5 Å². The van der Waals surface area contributed by atoms with E-state index in [1.807, 2.05) is 7.05 Å². The molecule has 3 aromatic rings. The van der Waals surface area contributed by atoms with Crippen LogP contribution in [-0.4, -0.2) is 99.9 Å². The average Bonchev–Trinajstić information content (AvgIpc) is 3.57. The van der Waals surface area contributed by atoms with Crippen molar-refractivity contribution in [3.8, 4) is 5.88 Å². The molecule has 2 aliphatic rings. The van der Waals surface area contributed by atoms with Gasteiger partial charge in [-0.15, -0.1) is 0 Å². The minimum Gasteiger partial charge on any atom is -0.472 e. The first-order chi connectivity index (χ1) is 19.3. The van der Waals surface area contributed by atoms with Crippen LogP contribution in [0.15, 0.2) is 46.4 Å². The summed E-state index contributed by atoms with van der Waals surface area (Å²) in [5, 5.41) is 7.26. The molecule has 0 spiro atoms. The summed E-state index contributed by atoms with van der Waals surface area (Å²) in [5.74, 6) is -0.0795. The summed E-state index contributed by atoms with van der Waals surface area (Å²) in [4.78, 5) is 30.9. The lowest BCUT2D eigenvalue weighted by molar-refractivity contribution is -0.110. The van der Waals surface area contributed by atoms with Crippen LogP contribution in [0, 0.1) is 0 Å². The van der Waals surface area contributed by atoms with E-state index in [0.29, 0.717) is 59.6 Å². The molecule has 5 rings (SSSR count).